The molecule has 130 valence electrons. The van der Waals surface area contributed by atoms with Gasteiger partial charge in [0.15, 0.2) is 5.65 Å². The Balaban J connectivity index is 1.82. The number of pyridine rings is 1. The van der Waals surface area contributed by atoms with Crippen LogP contribution in [0.5, 0.6) is 0 Å². The minimum absolute atomic E-state index is 0.0520. The van der Waals surface area contributed by atoms with Crippen LogP contribution in [0.25, 0.3) is 11.0 Å². The first-order chi connectivity index (χ1) is 12.1. The highest BCUT2D eigenvalue weighted by Crippen LogP contribution is 2.40. The molecule has 1 unspecified atom stereocenters. The molecule has 1 saturated heterocycles. The van der Waals surface area contributed by atoms with Crippen LogP contribution in [-0.4, -0.2) is 38.2 Å². The van der Waals surface area contributed by atoms with Gasteiger partial charge in [-0.1, -0.05) is 0 Å². The maximum absolute atomic E-state index is 13.3. The van der Waals surface area contributed by atoms with Crippen molar-refractivity contribution in [2.24, 2.45) is 0 Å². The molecule has 0 N–H and O–H groups in total. The summed E-state index contributed by atoms with van der Waals surface area (Å²) in [7, 11) is 0. The van der Waals surface area contributed by atoms with Crippen LogP contribution < -0.4 is 0 Å². The molecule has 1 amide bonds. The lowest BCUT2D eigenvalue weighted by atomic mass is 10.0. The lowest BCUT2D eigenvalue weighted by Gasteiger charge is -2.31. The predicted octanol–water partition coefficient (Wildman–Crippen LogP) is 3.41. The maximum Gasteiger partial charge on any atom is 0.255 e. The molecule has 0 spiro atoms. The van der Waals surface area contributed by atoms with E-state index in [0.717, 1.165) is 48.8 Å². The van der Waals surface area contributed by atoms with Gasteiger partial charge in [0.25, 0.3) is 5.91 Å². The van der Waals surface area contributed by atoms with Gasteiger partial charge in [-0.3, -0.25) is 4.79 Å². The number of likely N-dealkylation sites (tertiary alicyclic amines) is 1. The summed E-state index contributed by atoms with van der Waals surface area (Å²) in [6, 6.07) is 4.10. The summed E-state index contributed by atoms with van der Waals surface area (Å²) >= 11 is 0. The largest absolute Gasteiger partial charge is 0.323 e. The van der Waals surface area contributed by atoms with E-state index in [1.54, 1.807) is 11.1 Å². The van der Waals surface area contributed by atoms with E-state index in [-0.39, 0.29) is 18.0 Å². The van der Waals surface area contributed by atoms with Gasteiger partial charge < -0.3 is 4.90 Å². The number of carbonyl (C=O) groups is 1. The van der Waals surface area contributed by atoms with Crippen LogP contribution in [0.1, 0.15) is 74.0 Å². The second kappa shape index (κ2) is 6.14. The van der Waals surface area contributed by atoms with Crippen molar-refractivity contribution in [3.63, 3.8) is 0 Å². The Morgan fingerprint density at radius 3 is 2.80 bits per heavy atom. The minimum atomic E-state index is -0.325. The minimum Gasteiger partial charge on any atom is -0.323 e. The van der Waals surface area contributed by atoms with E-state index < -0.39 is 0 Å². The number of hydrogen-bond donors (Lipinski definition) is 0. The van der Waals surface area contributed by atoms with Gasteiger partial charge in [0.1, 0.15) is 6.04 Å². The van der Waals surface area contributed by atoms with Crippen molar-refractivity contribution < 1.29 is 4.79 Å². The number of nitriles is 1. The van der Waals surface area contributed by atoms with Crippen LogP contribution >= 0.6 is 0 Å². The zero-order valence-corrected chi connectivity index (χ0v) is 14.8. The zero-order chi connectivity index (χ0) is 17.6. The Kier molecular flexibility index (Phi) is 3.95. The van der Waals surface area contributed by atoms with E-state index in [1.165, 1.54) is 0 Å². The predicted molar refractivity (Wildman–Crippen MR) is 94.2 cm³/mol. The number of carbonyl (C=O) groups excluding carboxylic acids is 1. The molecule has 2 aromatic heterocycles. The fourth-order valence-electron chi connectivity index (χ4n) is 3.64. The molecule has 0 aromatic carbocycles. The Morgan fingerprint density at radius 2 is 2.12 bits per heavy atom. The first-order valence-corrected chi connectivity index (χ1v) is 9.19. The molecule has 6 heteroatoms. The molecule has 2 fully saturated rings. The van der Waals surface area contributed by atoms with Gasteiger partial charge >= 0.3 is 0 Å². The standard InChI is InChI=1S/C19H23N5O/c1-12(2)24-18-16(11-21-24)15(9-17(22-18)13-6-7-13)19(25)23-8-4-3-5-14(23)10-20/h9,11-14H,3-8H2,1-2H3. The van der Waals surface area contributed by atoms with Crippen molar-refractivity contribution in [1.29, 1.82) is 5.26 Å². The summed E-state index contributed by atoms with van der Waals surface area (Å²) in [4.78, 5) is 19.8. The van der Waals surface area contributed by atoms with Crippen LogP contribution in [0.3, 0.4) is 0 Å². The molecule has 2 aliphatic rings. The molecule has 3 heterocycles. The average Bonchev–Trinajstić information content (AvgIpc) is 3.39. The second-order valence-electron chi connectivity index (χ2n) is 7.43. The monoisotopic (exact) mass is 337 g/mol. The summed E-state index contributed by atoms with van der Waals surface area (Å²) in [6.45, 7) is 4.78. The topological polar surface area (TPSA) is 74.8 Å². The van der Waals surface area contributed by atoms with E-state index in [9.17, 15) is 10.1 Å². The second-order valence-corrected chi connectivity index (χ2v) is 7.43. The molecule has 2 aromatic rings. The Hall–Kier alpha value is -2.42. The zero-order valence-electron chi connectivity index (χ0n) is 14.8. The number of rotatable bonds is 3. The van der Waals surface area contributed by atoms with Crippen molar-refractivity contribution in [3.05, 3.63) is 23.5 Å². The Labute approximate surface area is 147 Å². The molecule has 6 nitrogen and oxygen atoms in total. The first kappa shape index (κ1) is 16.1. The number of fused-ring (bicyclic) bond motifs is 1. The molecule has 1 saturated carbocycles. The molecular formula is C19H23N5O. The SMILES string of the molecule is CC(C)n1ncc2c(C(=O)N3CCCCC3C#N)cc(C3CC3)nc21. The molecular weight excluding hydrogens is 314 g/mol. The summed E-state index contributed by atoms with van der Waals surface area (Å²) in [5.74, 6) is 0.406. The van der Waals surface area contributed by atoms with Crippen LogP contribution in [-0.2, 0) is 0 Å². The normalized spacial score (nSPS) is 20.9. The van der Waals surface area contributed by atoms with Crippen LogP contribution in [0.4, 0.5) is 0 Å². The molecule has 0 radical (unpaired) electrons. The third kappa shape index (κ3) is 2.78. The lowest BCUT2D eigenvalue weighted by molar-refractivity contribution is 0.0672. The number of hydrogen-bond acceptors (Lipinski definition) is 4. The van der Waals surface area contributed by atoms with Crippen LogP contribution in [0.15, 0.2) is 12.3 Å². The van der Waals surface area contributed by atoms with E-state index in [4.69, 9.17) is 4.98 Å². The van der Waals surface area contributed by atoms with Gasteiger partial charge in [-0.15, -0.1) is 0 Å². The number of amides is 1. The third-order valence-corrected chi connectivity index (χ3v) is 5.21. The summed E-state index contributed by atoms with van der Waals surface area (Å²) in [5.41, 5.74) is 2.43. The number of piperidine rings is 1. The van der Waals surface area contributed by atoms with Crippen molar-refractivity contribution in [2.45, 2.75) is 64.0 Å². The summed E-state index contributed by atoms with van der Waals surface area (Å²) < 4.78 is 1.88. The molecule has 1 aliphatic carbocycles. The van der Waals surface area contributed by atoms with Crippen molar-refractivity contribution in [1.82, 2.24) is 19.7 Å². The highest BCUT2D eigenvalue weighted by atomic mass is 16.2. The molecule has 1 aliphatic heterocycles. The smallest absolute Gasteiger partial charge is 0.255 e. The number of aromatic nitrogens is 3. The summed E-state index contributed by atoms with van der Waals surface area (Å²) in [5, 5.41) is 14.7. The fraction of sp³-hybridized carbons (Fsp3) is 0.579. The van der Waals surface area contributed by atoms with Gasteiger partial charge in [-0.05, 0) is 52.0 Å². The van der Waals surface area contributed by atoms with Gasteiger partial charge in [0.05, 0.1) is 23.2 Å². The van der Waals surface area contributed by atoms with Gasteiger partial charge in [-0.25, -0.2) is 9.67 Å². The van der Waals surface area contributed by atoms with Crippen LogP contribution in [0.2, 0.25) is 0 Å². The van der Waals surface area contributed by atoms with Gasteiger partial charge in [0.2, 0.25) is 0 Å². The van der Waals surface area contributed by atoms with E-state index in [0.29, 0.717) is 18.0 Å². The summed E-state index contributed by atoms with van der Waals surface area (Å²) in [6.07, 6.45) is 6.74. The Morgan fingerprint density at radius 1 is 1.32 bits per heavy atom. The number of nitrogens with zero attached hydrogens (tertiary/aromatic N) is 5. The van der Waals surface area contributed by atoms with Crippen molar-refractivity contribution in [3.8, 4) is 6.07 Å². The van der Waals surface area contributed by atoms with Gasteiger partial charge in [0, 0.05) is 24.2 Å². The maximum atomic E-state index is 13.3. The molecule has 1 atom stereocenters. The fourth-order valence-corrected chi connectivity index (χ4v) is 3.64. The van der Waals surface area contributed by atoms with Crippen molar-refractivity contribution in [2.75, 3.05) is 6.54 Å². The molecule has 25 heavy (non-hydrogen) atoms. The highest BCUT2D eigenvalue weighted by molar-refractivity contribution is 6.05. The van der Waals surface area contributed by atoms with Crippen LogP contribution in [0, 0.1) is 11.3 Å². The third-order valence-electron chi connectivity index (χ3n) is 5.21. The van der Waals surface area contributed by atoms with Crippen molar-refractivity contribution >= 4 is 16.9 Å². The molecule has 0 bridgehead atoms. The average molecular weight is 337 g/mol. The molecule has 4 rings (SSSR count). The first-order valence-electron chi connectivity index (χ1n) is 9.19. The highest BCUT2D eigenvalue weighted by Gasteiger charge is 2.32. The van der Waals surface area contributed by atoms with E-state index in [1.807, 2.05) is 10.7 Å². The van der Waals surface area contributed by atoms with E-state index >= 15 is 0 Å². The van der Waals surface area contributed by atoms with Gasteiger partial charge in [-0.2, -0.15) is 10.4 Å². The Bertz CT molecular complexity index is 859. The quantitative estimate of drug-likeness (QED) is 0.860. The lowest BCUT2D eigenvalue weighted by Crippen LogP contribution is -2.43. The van der Waals surface area contributed by atoms with E-state index in [2.05, 4.69) is 25.0 Å².